The van der Waals surface area contributed by atoms with Crippen molar-refractivity contribution in [3.05, 3.63) is 64.5 Å². The molecular weight excluding hydrogens is 315 g/mol. The first-order valence-corrected chi connectivity index (χ1v) is 8.79. The van der Waals surface area contributed by atoms with Gasteiger partial charge in [-0.1, -0.05) is 29.8 Å². The van der Waals surface area contributed by atoms with E-state index in [1.807, 2.05) is 4.90 Å². The van der Waals surface area contributed by atoms with E-state index in [9.17, 15) is 9.18 Å². The number of hydrogen-bond acceptors (Lipinski definition) is 2. The summed E-state index contributed by atoms with van der Waals surface area (Å²) >= 11 is 0. The fraction of sp³-hybridized carbons (Fsp3) is 0.381. The molecule has 3 nitrogen and oxygen atoms in total. The number of carbonyl (C=O) groups is 1. The minimum atomic E-state index is -0.291. The fourth-order valence-corrected chi connectivity index (χ4v) is 3.78. The van der Waals surface area contributed by atoms with E-state index in [4.69, 9.17) is 0 Å². The Labute approximate surface area is 149 Å². The Kier molecular flexibility index (Phi) is 5.07. The maximum absolute atomic E-state index is 13.3. The van der Waals surface area contributed by atoms with Gasteiger partial charge in [-0.05, 0) is 49.6 Å². The van der Waals surface area contributed by atoms with Crippen LogP contribution in [0.25, 0.3) is 0 Å². The first-order valence-electron chi connectivity index (χ1n) is 8.79. The molecule has 1 aliphatic heterocycles. The van der Waals surface area contributed by atoms with Gasteiger partial charge in [0.2, 0.25) is 5.91 Å². The Morgan fingerprint density at radius 2 is 1.64 bits per heavy atom. The maximum Gasteiger partial charge on any atom is 0.227 e. The number of amides is 1. The summed E-state index contributed by atoms with van der Waals surface area (Å²) in [5, 5.41) is 0. The Morgan fingerprint density at radius 1 is 1.00 bits per heavy atom. The van der Waals surface area contributed by atoms with Gasteiger partial charge in [0.1, 0.15) is 5.82 Å². The van der Waals surface area contributed by atoms with Gasteiger partial charge in [-0.25, -0.2) is 4.39 Å². The van der Waals surface area contributed by atoms with Gasteiger partial charge in [-0.2, -0.15) is 0 Å². The second-order valence-corrected chi connectivity index (χ2v) is 6.92. The summed E-state index contributed by atoms with van der Waals surface area (Å²) < 4.78 is 13.3. The summed E-state index contributed by atoms with van der Waals surface area (Å²) in [5.41, 5.74) is 5.89. The van der Waals surface area contributed by atoms with E-state index < -0.39 is 0 Å². The molecule has 1 heterocycles. The fourth-order valence-electron chi connectivity index (χ4n) is 3.78. The van der Waals surface area contributed by atoms with Gasteiger partial charge in [0, 0.05) is 31.9 Å². The molecule has 2 aromatic rings. The molecule has 2 aromatic carbocycles. The lowest BCUT2D eigenvalue weighted by Crippen LogP contribution is -2.49. The van der Waals surface area contributed by atoms with Gasteiger partial charge in [-0.15, -0.1) is 0 Å². The summed E-state index contributed by atoms with van der Waals surface area (Å²) in [6.07, 6.45) is 0.264. The van der Waals surface area contributed by atoms with Crippen LogP contribution in [0.1, 0.15) is 22.3 Å². The highest BCUT2D eigenvalue weighted by atomic mass is 19.1. The molecule has 0 atom stereocenters. The number of anilines is 1. The summed E-state index contributed by atoms with van der Waals surface area (Å²) in [4.78, 5) is 16.7. The first kappa shape index (κ1) is 17.5. The number of rotatable bonds is 3. The number of carbonyl (C=O) groups excluding carboxylic acids is 1. The van der Waals surface area contributed by atoms with Gasteiger partial charge in [0.25, 0.3) is 0 Å². The van der Waals surface area contributed by atoms with Gasteiger partial charge >= 0.3 is 0 Å². The number of halogens is 1. The minimum absolute atomic E-state index is 0.0719. The molecule has 132 valence electrons. The molecule has 0 radical (unpaired) electrons. The topological polar surface area (TPSA) is 23.6 Å². The monoisotopic (exact) mass is 340 g/mol. The number of piperazine rings is 1. The molecule has 0 unspecified atom stereocenters. The second kappa shape index (κ2) is 7.26. The van der Waals surface area contributed by atoms with Crippen LogP contribution in [0, 0.1) is 26.6 Å². The van der Waals surface area contributed by atoms with Crippen LogP contribution in [0.3, 0.4) is 0 Å². The Bertz CT molecular complexity index is 756. The SMILES string of the molecule is Cc1cc(C)c(N2CCN(C(=O)Cc3cccc(F)c3)CC2)c(C)c1. The molecule has 1 fully saturated rings. The van der Waals surface area contributed by atoms with Gasteiger partial charge in [-0.3, -0.25) is 4.79 Å². The van der Waals surface area contributed by atoms with Crippen molar-refractivity contribution in [1.82, 2.24) is 4.90 Å². The molecule has 0 spiro atoms. The lowest BCUT2D eigenvalue weighted by Gasteiger charge is -2.37. The standard InChI is InChI=1S/C21H25FN2O/c1-15-11-16(2)21(17(3)12-15)24-9-7-23(8-10-24)20(25)14-18-5-4-6-19(22)13-18/h4-6,11-13H,7-10,14H2,1-3H3. The minimum Gasteiger partial charge on any atom is -0.368 e. The van der Waals surface area contributed by atoms with Crippen molar-refractivity contribution in [1.29, 1.82) is 0 Å². The Morgan fingerprint density at radius 3 is 2.24 bits per heavy atom. The van der Waals surface area contributed by atoms with Crippen molar-refractivity contribution in [2.75, 3.05) is 31.1 Å². The van der Waals surface area contributed by atoms with E-state index in [1.54, 1.807) is 12.1 Å². The zero-order valence-electron chi connectivity index (χ0n) is 15.2. The predicted molar refractivity (Wildman–Crippen MR) is 99.6 cm³/mol. The highest BCUT2D eigenvalue weighted by Crippen LogP contribution is 2.27. The van der Waals surface area contributed by atoms with E-state index >= 15 is 0 Å². The molecule has 0 saturated carbocycles. The van der Waals surface area contributed by atoms with E-state index in [0.717, 1.165) is 18.7 Å². The van der Waals surface area contributed by atoms with Crippen LogP contribution in [0.15, 0.2) is 36.4 Å². The molecule has 25 heavy (non-hydrogen) atoms. The molecule has 3 rings (SSSR count). The van der Waals surface area contributed by atoms with E-state index in [-0.39, 0.29) is 18.1 Å². The van der Waals surface area contributed by atoms with Crippen molar-refractivity contribution in [2.45, 2.75) is 27.2 Å². The smallest absolute Gasteiger partial charge is 0.227 e. The Hall–Kier alpha value is -2.36. The van der Waals surface area contributed by atoms with Crippen LogP contribution in [0.4, 0.5) is 10.1 Å². The highest BCUT2D eigenvalue weighted by molar-refractivity contribution is 5.79. The van der Waals surface area contributed by atoms with Gasteiger partial charge in [0.05, 0.1) is 6.42 Å². The number of aryl methyl sites for hydroxylation is 3. The lowest BCUT2D eigenvalue weighted by atomic mass is 10.0. The third kappa shape index (κ3) is 4.01. The molecule has 0 aliphatic carbocycles. The van der Waals surface area contributed by atoms with E-state index in [0.29, 0.717) is 13.1 Å². The third-order valence-corrected chi connectivity index (χ3v) is 4.83. The molecule has 1 amide bonds. The van der Waals surface area contributed by atoms with Gasteiger partial charge in [0.15, 0.2) is 0 Å². The van der Waals surface area contributed by atoms with E-state index in [1.165, 1.54) is 34.5 Å². The zero-order valence-corrected chi connectivity index (χ0v) is 15.2. The van der Waals surface area contributed by atoms with Crippen LogP contribution in [-0.4, -0.2) is 37.0 Å². The van der Waals surface area contributed by atoms with Crippen LogP contribution >= 0.6 is 0 Å². The van der Waals surface area contributed by atoms with Crippen molar-refractivity contribution >= 4 is 11.6 Å². The summed E-state index contributed by atoms with van der Waals surface area (Å²) in [6.45, 7) is 9.50. The zero-order chi connectivity index (χ0) is 18.0. The first-order chi connectivity index (χ1) is 11.9. The van der Waals surface area contributed by atoms with Crippen LogP contribution in [0.2, 0.25) is 0 Å². The van der Waals surface area contributed by atoms with Crippen LogP contribution in [0.5, 0.6) is 0 Å². The predicted octanol–water partition coefficient (Wildman–Crippen LogP) is 3.64. The quantitative estimate of drug-likeness (QED) is 0.852. The number of benzene rings is 2. The average Bonchev–Trinajstić information content (AvgIpc) is 2.54. The molecule has 1 aliphatic rings. The molecular formula is C21H25FN2O. The van der Waals surface area contributed by atoms with Crippen molar-refractivity contribution in [3.8, 4) is 0 Å². The van der Waals surface area contributed by atoms with Crippen LogP contribution < -0.4 is 4.90 Å². The Balaban J connectivity index is 1.63. The third-order valence-electron chi connectivity index (χ3n) is 4.83. The normalized spacial score (nSPS) is 14.7. The van der Waals surface area contributed by atoms with E-state index in [2.05, 4.69) is 37.8 Å². The van der Waals surface area contributed by atoms with Crippen LogP contribution in [-0.2, 0) is 11.2 Å². The number of nitrogens with zero attached hydrogens (tertiary/aromatic N) is 2. The largest absolute Gasteiger partial charge is 0.368 e. The van der Waals surface area contributed by atoms with Crippen molar-refractivity contribution < 1.29 is 9.18 Å². The lowest BCUT2D eigenvalue weighted by molar-refractivity contribution is -0.130. The average molecular weight is 340 g/mol. The molecule has 0 aromatic heterocycles. The molecule has 0 N–H and O–H groups in total. The van der Waals surface area contributed by atoms with Gasteiger partial charge < -0.3 is 9.80 Å². The second-order valence-electron chi connectivity index (χ2n) is 6.92. The summed E-state index contributed by atoms with van der Waals surface area (Å²) in [7, 11) is 0. The van der Waals surface area contributed by atoms with Crippen molar-refractivity contribution in [3.63, 3.8) is 0 Å². The molecule has 4 heteroatoms. The number of hydrogen-bond donors (Lipinski definition) is 0. The summed E-state index contributed by atoms with van der Waals surface area (Å²) in [5.74, 6) is -0.219. The van der Waals surface area contributed by atoms with Crippen molar-refractivity contribution in [2.24, 2.45) is 0 Å². The molecule has 1 saturated heterocycles. The summed E-state index contributed by atoms with van der Waals surface area (Å²) in [6, 6.07) is 10.7. The maximum atomic E-state index is 13.3. The molecule has 0 bridgehead atoms. The highest BCUT2D eigenvalue weighted by Gasteiger charge is 2.23.